The molecule has 1 aliphatic rings. The third-order valence-electron chi connectivity index (χ3n) is 4.70. The molecule has 0 aliphatic carbocycles. The number of benzene rings is 1. The van der Waals surface area contributed by atoms with Crippen molar-refractivity contribution in [3.63, 3.8) is 0 Å². The van der Waals surface area contributed by atoms with E-state index < -0.39 is 5.97 Å². The van der Waals surface area contributed by atoms with Gasteiger partial charge in [-0.15, -0.1) is 0 Å². The average Bonchev–Trinajstić information content (AvgIpc) is 2.60. The number of carbonyl (C=O) groups excluding carboxylic acids is 2. The number of hydrogen-bond acceptors (Lipinski definition) is 5. The van der Waals surface area contributed by atoms with Crippen molar-refractivity contribution in [2.75, 3.05) is 6.61 Å². The Kier molecular flexibility index (Phi) is 4.83. The molecule has 1 fully saturated rings. The molecule has 1 N–H and O–H groups in total. The molecule has 25 heavy (non-hydrogen) atoms. The van der Waals surface area contributed by atoms with Gasteiger partial charge in [0.05, 0.1) is 5.39 Å². The SMILES string of the molecule is C[C@@H]1CCC[C@H](C)N1C(=O)COC(=O)c1n[nH]c(=O)c2ccccc12. The molecular weight excluding hydrogens is 322 g/mol. The largest absolute Gasteiger partial charge is 0.451 e. The summed E-state index contributed by atoms with van der Waals surface area (Å²) < 4.78 is 5.17. The number of fused-ring (bicyclic) bond motifs is 1. The summed E-state index contributed by atoms with van der Waals surface area (Å²) in [6.45, 7) is 3.68. The Morgan fingerprint density at radius 1 is 1.20 bits per heavy atom. The summed E-state index contributed by atoms with van der Waals surface area (Å²) in [5.41, 5.74) is -0.373. The number of amides is 1. The molecule has 7 heteroatoms. The third kappa shape index (κ3) is 3.40. The zero-order valence-corrected chi connectivity index (χ0v) is 14.3. The predicted molar refractivity (Wildman–Crippen MR) is 92.3 cm³/mol. The van der Waals surface area contributed by atoms with Crippen LogP contribution in [0.1, 0.15) is 43.6 Å². The van der Waals surface area contributed by atoms with Crippen LogP contribution in [0.15, 0.2) is 29.1 Å². The number of carbonyl (C=O) groups is 2. The van der Waals surface area contributed by atoms with Gasteiger partial charge in [0.2, 0.25) is 0 Å². The Bertz CT molecular complexity index is 851. The van der Waals surface area contributed by atoms with Gasteiger partial charge in [0.1, 0.15) is 0 Å². The van der Waals surface area contributed by atoms with Crippen LogP contribution < -0.4 is 5.56 Å². The zero-order valence-electron chi connectivity index (χ0n) is 14.3. The van der Waals surface area contributed by atoms with E-state index in [-0.39, 0.29) is 35.9 Å². The van der Waals surface area contributed by atoms with Crippen LogP contribution >= 0.6 is 0 Å². The number of hydrogen-bond donors (Lipinski definition) is 1. The molecule has 2 heterocycles. The second kappa shape index (κ2) is 7.04. The molecule has 2 atom stereocenters. The van der Waals surface area contributed by atoms with Crippen molar-refractivity contribution in [2.45, 2.75) is 45.2 Å². The summed E-state index contributed by atoms with van der Waals surface area (Å²) in [4.78, 5) is 38.3. The maximum Gasteiger partial charge on any atom is 0.359 e. The number of ether oxygens (including phenoxy) is 1. The minimum Gasteiger partial charge on any atom is -0.451 e. The van der Waals surface area contributed by atoms with Crippen molar-refractivity contribution in [3.8, 4) is 0 Å². The number of piperidine rings is 1. The fourth-order valence-corrected chi connectivity index (χ4v) is 3.45. The van der Waals surface area contributed by atoms with Crippen molar-refractivity contribution in [2.24, 2.45) is 0 Å². The molecule has 1 aliphatic heterocycles. The molecule has 132 valence electrons. The minimum atomic E-state index is -0.724. The highest BCUT2D eigenvalue weighted by atomic mass is 16.5. The Balaban J connectivity index is 1.74. The van der Waals surface area contributed by atoms with Crippen molar-refractivity contribution < 1.29 is 14.3 Å². The van der Waals surface area contributed by atoms with E-state index in [1.165, 1.54) is 0 Å². The van der Waals surface area contributed by atoms with Gasteiger partial charge in [0, 0.05) is 17.5 Å². The van der Waals surface area contributed by atoms with Gasteiger partial charge in [-0.05, 0) is 39.2 Å². The molecule has 0 saturated carbocycles. The Morgan fingerprint density at radius 2 is 1.84 bits per heavy atom. The number of likely N-dealkylation sites (tertiary alicyclic amines) is 1. The van der Waals surface area contributed by atoms with Gasteiger partial charge in [-0.2, -0.15) is 5.10 Å². The standard InChI is InChI=1S/C18H21N3O4/c1-11-6-5-7-12(2)21(11)15(22)10-25-18(24)16-13-8-3-4-9-14(13)17(23)20-19-16/h3-4,8-9,11-12H,5-7,10H2,1-2H3,(H,20,23)/t11-,12+. The zero-order chi connectivity index (χ0) is 18.0. The van der Waals surface area contributed by atoms with Crippen molar-refractivity contribution in [1.29, 1.82) is 0 Å². The van der Waals surface area contributed by atoms with E-state index in [2.05, 4.69) is 10.2 Å². The van der Waals surface area contributed by atoms with Crippen LogP contribution in [0, 0.1) is 0 Å². The summed E-state index contributed by atoms with van der Waals surface area (Å²) in [5.74, 6) is -0.931. The van der Waals surface area contributed by atoms with Gasteiger partial charge in [0.15, 0.2) is 12.3 Å². The lowest BCUT2D eigenvalue weighted by Gasteiger charge is -2.38. The van der Waals surface area contributed by atoms with Crippen LogP contribution in [0.25, 0.3) is 10.8 Å². The molecule has 3 rings (SSSR count). The average molecular weight is 343 g/mol. The van der Waals surface area contributed by atoms with Crippen LogP contribution in [0.2, 0.25) is 0 Å². The lowest BCUT2D eigenvalue weighted by Crippen LogP contribution is -2.49. The van der Waals surface area contributed by atoms with Crippen LogP contribution in [0.5, 0.6) is 0 Å². The Hall–Kier alpha value is -2.70. The van der Waals surface area contributed by atoms with E-state index in [9.17, 15) is 14.4 Å². The van der Waals surface area contributed by atoms with Crippen molar-refractivity contribution in [3.05, 3.63) is 40.3 Å². The highest BCUT2D eigenvalue weighted by molar-refractivity contribution is 6.02. The van der Waals surface area contributed by atoms with Crippen molar-refractivity contribution in [1.82, 2.24) is 15.1 Å². The van der Waals surface area contributed by atoms with Gasteiger partial charge in [-0.3, -0.25) is 9.59 Å². The number of esters is 1. The number of H-pyrrole nitrogens is 1. The van der Waals surface area contributed by atoms with E-state index in [4.69, 9.17) is 4.74 Å². The lowest BCUT2D eigenvalue weighted by atomic mass is 9.97. The molecule has 1 saturated heterocycles. The summed E-state index contributed by atoms with van der Waals surface area (Å²) in [6.07, 6.45) is 3.01. The first-order valence-electron chi connectivity index (χ1n) is 8.44. The second-order valence-electron chi connectivity index (χ2n) is 6.45. The van der Waals surface area contributed by atoms with Crippen molar-refractivity contribution >= 4 is 22.6 Å². The molecule has 0 spiro atoms. The lowest BCUT2D eigenvalue weighted by molar-refractivity contribution is -0.140. The van der Waals surface area contributed by atoms with Crippen LogP contribution in [0.3, 0.4) is 0 Å². The second-order valence-corrected chi connectivity index (χ2v) is 6.45. The number of rotatable bonds is 3. The molecule has 0 radical (unpaired) electrons. The van der Waals surface area contributed by atoms with E-state index in [0.29, 0.717) is 10.8 Å². The molecule has 2 aromatic rings. The maximum atomic E-state index is 12.4. The summed E-state index contributed by atoms with van der Waals surface area (Å²) in [5, 5.41) is 6.84. The van der Waals surface area contributed by atoms with Gasteiger partial charge < -0.3 is 9.64 Å². The van der Waals surface area contributed by atoms with Gasteiger partial charge in [-0.25, -0.2) is 9.89 Å². The molecule has 1 amide bonds. The molecule has 0 unspecified atom stereocenters. The summed E-state index contributed by atoms with van der Waals surface area (Å²) >= 11 is 0. The van der Waals surface area contributed by atoms with Crippen LogP contribution in [-0.2, 0) is 9.53 Å². The van der Waals surface area contributed by atoms with E-state index >= 15 is 0 Å². The third-order valence-corrected chi connectivity index (χ3v) is 4.70. The number of nitrogens with one attached hydrogen (secondary N) is 1. The van der Waals surface area contributed by atoms with E-state index in [1.807, 2.05) is 13.8 Å². The van der Waals surface area contributed by atoms with E-state index in [0.717, 1.165) is 19.3 Å². The minimum absolute atomic E-state index is 0.00254. The number of aromatic amines is 1. The smallest absolute Gasteiger partial charge is 0.359 e. The van der Waals surface area contributed by atoms with Gasteiger partial charge >= 0.3 is 5.97 Å². The summed E-state index contributed by atoms with van der Waals surface area (Å²) in [6, 6.07) is 6.93. The first kappa shape index (κ1) is 17.1. The Morgan fingerprint density at radius 3 is 2.52 bits per heavy atom. The first-order chi connectivity index (χ1) is 12.0. The fraction of sp³-hybridized carbons (Fsp3) is 0.444. The Labute approximate surface area is 145 Å². The molecular formula is C18H21N3O4. The normalized spacial score (nSPS) is 20.5. The molecule has 0 bridgehead atoms. The quantitative estimate of drug-likeness (QED) is 0.859. The van der Waals surface area contributed by atoms with Gasteiger partial charge in [-0.1, -0.05) is 18.2 Å². The monoisotopic (exact) mass is 343 g/mol. The van der Waals surface area contributed by atoms with Crippen LogP contribution in [-0.4, -0.2) is 45.7 Å². The molecule has 1 aromatic heterocycles. The topological polar surface area (TPSA) is 92.4 Å². The summed E-state index contributed by atoms with van der Waals surface area (Å²) in [7, 11) is 0. The van der Waals surface area contributed by atoms with Crippen LogP contribution in [0.4, 0.5) is 0 Å². The molecule has 7 nitrogen and oxygen atoms in total. The first-order valence-corrected chi connectivity index (χ1v) is 8.44. The predicted octanol–water partition coefficient (Wildman–Crippen LogP) is 1.87. The van der Waals surface area contributed by atoms with E-state index in [1.54, 1.807) is 29.2 Å². The highest BCUT2D eigenvalue weighted by Crippen LogP contribution is 2.22. The maximum absolute atomic E-state index is 12.4. The number of aromatic nitrogens is 2. The number of nitrogens with zero attached hydrogens (tertiary/aromatic N) is 2. The highest BCUT2D eigenvalue weighted by Gasteiger charge is 2.29. The van der Waals surface area contributed by atoms with Gasteiger partial charge in [0.25, 0.3) is 11.5 Å². The molecule has 1 aromatic carbocycles. The fourth-order valence-electron chi connectivity index (χ4n) is 3.45.